The number of rotatable bonds is 4. The van der Waals surface area contributed by atoms with Gasteiger partial charge in [0.2, 0.25) is 0 Å². The van der Waals surface area contributed by atoms with Gasteiger partial charge in [-0.1, -0.05) is 20.3 Å². The second-order valence-corrected chi connectivity index (χ2v) is 6.33. The number of likely N-dealkylation sites (N-methyl/N-ethyl adjacent to an activating group) is 1. The highest BCUT2D eigenvalue weighted by Gasteiger charge is 2.18. The topological polar surface area (TPSA) is 45.5 Å². The molecule has 5 nitrogen and oxygen atoms in total. The van der Waals surface area contributed by atoms with Gasteiger partial charge < -0.3 is 10.2 Å². The van der Waals surface area contributed by atoms with Crippen molar-refractivity contribution >= 4 is 11.3 Å². The van der Waals surface area contributed by atoms with Gasteiger partial charge in [0.25, 0.3) is 0 Å². The molecule has 21 heavy (non-hydrogen) atoms. The fourth-order valence-electron chi connectivity index (χ4n) is 3.00. The van der Waals surface area contributed by atoms with Crippen LogP contribution < -0.4 is 10.2 Å². The summed E-state index contributed by atoms with van der Waals surface area (Å²) in [6.07, 6.45) is 7.65. The molecule has 3 rings (SSSR count). The van der Waals surface area contributed by atoms with Crippen LogP contribution in [0.15, 0.2) is 18.5 Å². The monoisotopic (exact) mass is 287 g/mol. The molecular formula is C16H25N5. The lowest BCUT2D eigenvalue weighted by atomic mass is 10.0. The molecule has 0 aliphatic carbocycles. The zero-order valence-electron chi connectivity index (χ0n) is 13.2. The van der Waals surface area contributed by atoms with Crippen molar-refractivity contribution in [2.24, 2.45) is 0 Å². The van der Waals surface area contributed by atoms with Gasteiger partial charge in [0.05, 0.1) is 5.69 Å². The Bertz CT molecular complexity index is 598. The number of nitrogens with one attached hydrogen (secondary N) is 1. The molecule has 0 radical (unpaired) electrons. The Balaban J connectivity index is 1.84. The molecule has 3 heterocycles. The molecule has 1 saturated heterocycles. The fourth-order valence-corrected chi connectivity index (χ4v) is 3.00. The highest BCUT2D eigenvalue weighted by atomic mass is 15.3. The van der Waals surface area contributed by atoms with E-state index in [2.05, 4.69) is 47.3 Å². The maximum Gasteiger partial charge on any atom is 0.154 e. The predicted octanol–water partition coefficient (Wildman–Crippen LogP) is 2.43. The summed E-state index contributed by atoms with van der Waals surface area (Å²) in [6, 6.07) is 2.73. The summed E-state index contributed by atoms with van der Waals surface area (Å²) >= 11 is 0. The quantitative estimate of drug-likeness (QED) is 0.938. The van der Waals surface area contributed by atoms with E-state index in [1.54, 1.807) is 0 Å². The summed E-state index contributed by atoms with van der Waals surface area (Å²) in [5.74, 6) is 1.45. The highest BCUT2D eigenvalue weighted by Crippen LogP contribution is 2.22. The van der Waals surface area contributed by atoms with Gasteiger partial charge in [-0.3, -0.25) is 0 Å². The molecule has 2 aromatic heterocycles. The van der Waals surface area contributed by atoms with Crippen molar-refractivity contribution < 1.29 is 0 Å². The number of hydrogen-bond donors (Lipinski definition) is 1. The minimum absolute atomic E-state index is 0.433. The first kappa shape index (κ1) is 14.3. The van der Waals surface area contributed by atoms with Crippen molar-refractivity contribution in [1.29, 1.82) is 0 Å². The maximum atomic E-state index is 4.64. The molecule has 0 amide bonds. The van der Waals surface area contributed by atoms with Crippen LogP contribution in [-0.4, -0.2) is 40.8 Å². The Morgan fingerprint density at radius 2 is 2.29 bits per heavy atom. The zero-order valence-corrected chi connectivity index (χ0v) is 13.2. The molecule has 1 atom stereocenters. The van der Waals surface area contributed by atoms with E-state index in [0.717, 1.165) is 30.1 Å². The molecule has 0 bridgehead atoms. The van der Waals surface area contributed by atoms with Crippen LogP contribution in [0.1, 0.15) is 44.7 Å². The molecule has 0 aromatic carbocycles. The molecule has 0 spiro atoms. The van der Waals surface area contributed by atoms with Gasteiger partial charge >= 0.3 is 0 Å². The van der Waals surface area contributed by atoms with E-state index >= 15 is 0 Å². The summed E-state index contributed by atoms with van der Waals surface area (Å²) in [5, 5.41) is 8.24. The molecule has 5 heteroatoms. The Hall–Kier alpha value is -1.62. The largest absolute Gasteiger partial charge is 0.356 e. The summed E-state index contributed by atoms with van der Waals surface area (Å²) in [4.78, 5) is 6.84. The second kappa shape index (κ2) is 6.02. The van der Waals surface area contributed by atoms with Gasteiger partial charge in [-0.25, -0.2) is 9.50 Å². The van der Waals surface area contributed by atoms with Crippen LogP contribution >= 0.6 is 0 Å². The number of nitrogens with zero attached hydrogens (tertiary/aromatic N) is 4. The summed E-state index contributed by atoms with van der Waals surface area (Å²) < 4.78 is 1.95. The standard InChI is InChI=1S/C16H25N5/c1-12(2)14-10-15-16(18-8-9-21(15)19-14)20(3)11-13-6-4-5-7-17-13/h8-10,12-13,17H,4-7,11H2,1-3H3. The van der Waals surface area contributed by atoms with Gasteiger partial charge in [0, 0.05) is 32.0 Å². The molecular weight excluding hydrogens is 262 g/mol. The van der Waals surface area contributed by atoms with Crippen molar-refractivity contribution in [3.05, 3.63) is 24.2 Å². The minimum atomic E-state index is 0.433. The number of aromatic nitrogens is 3. The van der Waals surface area contributed by atoms with E-state index in [4.69, 9.17) is 0 Å². The third kappa shape index (κ3) is 3.02. The van der Waals surface area contributed by atoms with E-state index in [1.165, 1.54) is 19.3 Å². The average molecular weight is 287 g/mol. The molecule has 1 aliphatic heterocycles. The Morgan fingerprint density at radius 3 is 3.00 bits per heavy atom. The van der Waals surface area contributed by atoms with Crippen LogP contribution in [0.5, 0.6) is 0 Å². The minimum Gasteiger partial charge on any atom is -0.356 e. The van der Waals surface area contributed by atoms with Crippen LogP contribution in [0, 0.1) is 0 Å². The Labute approximate surface area is 126 Å². The van der Waals surface area contributed by atoms with Gasteiger partial charge in [-0.2, -0.15) is 5.10 Å². The van der Waals surface area contributed by atoms with Gasteiger partial charge in [0.15, 0.2) is 5.82 Å². The van der Waals surface area contributed by atoms with Gasteiger partial charge in [0.1, 0.15) is 5.52 Å². The van der Waals surface area contributed by atoms with Gasteiger partial charge in [-0.15, -0.1) is 0 Å². The van der Waals surface area contributed by atoms with E-state index in [-0.39, 0.29) is 0 Å². The third-order valence-corrected chi connectivity index (χ3v) is 4.25. The van der Waals surface area contributed by atoms with E-state index in [0.29, 0.717) is 12.0 Å². The molecule has 0 saturated carbocycles. The van der Waals surface area contributed by atoms with Crippen LogP contribution in [0.25, 0.3) is 5.52 Å². The number of anilines is 1. The van der Waals surface area contributed by atoms with Crippen molar-refractivity contribution in [1.82, 2.24) is 19.9 Å². The summed E-state index contributed by atoms with van der Waals surface area (Å²) in [5.41, 5.74) is 2.22. The Kier molecular flexibility index (Phi) is 4.10. The molecule has 2 aromatic rings. The Morgan fingerprint density at radius 1 is 1.43 bits per heavy atom. The number of hydrogen-bond acceptors (Lipinski definition) is 4. The average Bonchev–Trinajstić information content (AvgIpc) is 2.92. The van der Waals surface area contributed by atoms with Crippen molar-refractivity contribution in [2.45, 2.75) is 45.1 Å². The summed E-state index contributed by atoms with van der Waals surface area (Å²) in [7, 11) is 2.13. The second-order valence-electron chi connectivity index (χ2n) is 6.33. The number of piperidine rings is 1. The molecule has 114 valence electrons. The lowest BCUT2D eigenvalue weighted by Gasteiger charge is -2.29. The van der Waals surface area contributed by atoms with Crippen molar-refractivity contribution in [3.8, 4) is 0 Å². The molecule has 1 unspecified atom stereocenters. The molecule has 1 aliphatic rings. The van der Waals surface area contributed by atoms with E-state index < -0.39 is 0 Å². The van der Waals surface area contributed by atoms with Gasteiger partial charge in [-0.05, 0) is 31.4 Å². The predicted molar refractivity (Wildman–Crippen MR) is 86.0 cm³/mol. The SMILES string of the molecule is CC(C)c1cc2c(N(C)CC3CCCCN3)nccn2n1. The first-order valence-corrected chi connectivity index (χ1v) is 7.94. The van der Waals surface area contributed by atoms with Crippen LogP contribution in [0.2, 0.25) is 0 Å². The van der Waals surface area contributed by atoms with Crippen LogP contribution in [0.3, 0.4) is 0 Å². The zero-order chi connectivity index (χ0) is 14.8. The van der Waals surface area contributed by atoms with E-state index in [9.17, 15) is 0 Å². The van der Waals surface area contributed by atoms with Crippen molar-refractivity contribution in [3.63, 3.8) is 0 Å². The van der Waals surface area contributed by atoms with Crippen LogP contribution in [-0.2, 0) is 0 Å². The highest BCUT2D eigenvalue weighted by molar-refractivity contribution is 5.69. The van der Waals surface area contributed by atoms with Crippen LogP contribution in [0.4, 0.5) is 5.82 Å². The first-order chi connectivity index (χ1) is 10.1. The number of fused-ring (bicyclic) bond motifs is 1. The normalized spacial score (nSPS) is 19.3. The molecule has 1 N–H and O–H groups in total. The third-order valence-electron chi connectivity index (χ3n) is 4.25. The lowest BCUT2D eigenvalue weighted by Crippen LogP contribution is -2.42. The smallest absolute Gasteiger partial charge is 0.154 e. The lowest BCUT2D eigenvalue weighted by molar-refractivity contribution is 0.403. The van der Waals surface area contributed by atoms with E-state index in [1.807, 2.05) is 16.9 Å². The first-order valence-electron chi connectivity index (χ1n) is 7.94. The van der Waals surface area contributed by atoms with Crippen molar-refractivity contribution in [2.75, 3.05) is 25.0 Å². The molecule has 1 fully saturated rings. The maximum absolute atomic E-state index is 4.64. The summed E-state index contributed by atoms with van der Waals surface area (Å²) in [6.45, 7) is 6.48. The fraction of sp³-hybridized carbons (Fsp3) is 0.625.